The van der Waals surface area contributed by atoms with Gasteiger partial charge in [0.1, 0.15) is 0 Å². The van der Waals surface area contributed by atoms with Crippen molar-refractivity contribution in [3.05, 3.63) is 57.7 Å². The normalized spacial score (nSPS) is 10.1. The lowest BCUT2D eigenvalue weighted by molar-refractivity contribution is 0.0962. The largest absolute Gasteiger partial charge is 0.347 e. The summed E-state index contributed by atoms with van der Waals surface area (Å²) in [7, 11) is 0. The van der Waals surface area contributed by atoms with Crippen molar-refractivity contribution in [2.24, 2.45) is 0 Å². The Kier molecular flexibility index (Phi) is 4.33. The quantitative estimate of drug-likeness (QED) is 0.904. The lowest BCUT2D eigenvalue weighted by atomic mass is 10.1. The Balaban J connectivity index is 2.23. The molecule has 1 amide bonds. The van der Waals surface area contributed by atoms with Crippen LogP contribution >= 0.6 is 27.3 Å². The second-order valence-corrected chi connectivity index (χ2v) is 5.77. The SMILES string of the molecule is C=C(Br)CNC(=O)c1sccc1-c1ccccc1. The molecular formula is C14H12BrNOS. The van der Waals surface area contributed by atoms with Gasteiger partial charge in [-0.05, 0) is 17.0 Å². The number of carbonyl (C=O) groups is 1. The zero-order chi connectivity index (χ0) is 13.0. The van der Waals surface area contributed by atoms with Crippen molar-refractivity contribution < 1.29 is 4.79 Å². The van der Waals surface area contributed by atoms with Crippen LogP contribution in [0, 0.1) is 0 Å². The van der Waals surface area contributed by atoms with Crippen molar-refractivity contribution in [3.8, 4) is 11.1 Å². The highest BCUT2D eigenvalue weighted by Gasteiger charge is 2.13. The Hall–Kier alpha value is -1.39. The Morgan fingerprint density at radius 2 is 2.00 bits per heavy atom. The van der Waals surface area contributed by atoms with Gasteiger partial charge in [0.25, 0.3) is 5.91 Å². The molecule has 92 valence electrons. The topological polar surface area (TPSA) is 29.1 Å². The molecule has 0 spiro atoms. The third-order valence-electron chi connectivity index (χ3n) is 2.40. The van der Waals surface area contributed by atoms with E-state index in [1.807, 2.05) is 41.8 Å². The summed E-state index contributed by atoms with van der Waals surface area (Å²) in [5.41, 5.74) is 2.03. The van der Waals surface area contributed by atoms with E-state index in [2.05, 4.69) is 27.8 Å². The molecule has 0 radical (unpaired) electrons. The highest BCUT2D eigenvalue weighted by Crippen LogP contribution is 2.28. The molecule has 2 nitrogen and oxygen atoms in total. The summed E-state index contributed by atoms with van der Waals surface area (Å²) in [6, 6.07) is 11.9. The van der Waals surface area contributed by atoms with Crippen molar-refractivity contribution in [2.45, 2.75) is 0 Å². The first-order valence-corrected chi connectivity index (χ1v) is 7.10. The minimum absolute atomic E-state index is 0.0653. The van der Waals surface area contributed by atoms with Gasteiger partial charge < -0.3 is 5.32 Å². The van der Waals surface area contributed by atoms with Crippen LogP contribution < -0.4 is 5.32 Å². The van der Waals surface area contributed by atoms with Crippen molar-refractivity contribution in [1.29, 1.82) is 0 Å². The number of amides is 1. The van der Waals surface area contributed by atoms with E-state index in [4.69, 9.17) is 0 Å². The van der Waals surface area contributed by atoms with Gasteiger partial charge in [-0.1, -0.05) is 52.8 Å². The first-order valence-electron chi connectivity index (χ1n) is 5.43. The Bertz CT molecular complexity index is 562. The molecule has 0 unspecified atom stereocenters. The number of rotatable bonds is 4. The van der Waals surface area contributed by atoms with Crippen LogP contribution in [0.1, 0.15) is 9.67 Å². The van der Waals surface area contributed by atoms with Crippen molar-refractivity contribution in [3.63, 3.8) is 0 Å². The minimum atomic E-state index is -0.0653. The first-order chi connectivity index (χ1) is 8.68. The molecule has 1 N–H and O–H groups in total. The van der Waals surface area contributed by atoms with E-state index in [1.54, 1.807) is 0 Å². The van der Waals surface area contributed by atoms with E-state index in [0.29, 0.717) is 6.54 Å². The predicted molar refractivity (Wildman–Crippen MR) is 80.2 cm³/mol. The second kappa shape index (κ2) is 5.98. The van der Waals surface area contributed by atoms with Gasteiger partial charge in [0.05, 0.1) is 4.88 Å². The van der Waals surface area contributed by atoms with Crippen molar-refractivity contribution in [2.75, 3.05) is 6.54 Å². The summed E-state index contributed by atoms with van der Waals surface area (Å²) in [5, 5.41) is 4.75. The fourth-order valence-electron chi connectivity index (χ4n) is 1.59. The zero-order valence-electron chi connectivity index (χ0n) is 9.65. The monoisotopic (exact) mass is 321 g/mol. The number of carbonyl (C=O) groups excluding carboxylic acids is 1. The van der Waals surface area contributed by atoms with Gasteiger partial charge in [0.2, 0.25) is 0 Å². The van der Waals surface area contributed by atoms with Crippen LogP contribution in [0.4, 0.5) is 0 Å². The zero-order valence-corrected chi connectivity index (χ0v) is 12.1. The molecule has 2 rings (SSSR count). The third kappa shape index (κ3) is 3.09. The van der Waals surface area contributed by atoms with Crippen LogP contribution in [0.3, 0.4) is 0 Å². The summed E-state index contributed by atoms with van der Waals surface area (Å²) in [6.07, 6.45) is 0. The van der Waals surface area contributed by atoms with Crippen LogP contribution in [0.2, 0.25) is 0 Å². The van der Waals surface area contributed by atoms with E-state index in [-0.39, 0.29) is 5.91 Å². The molecule has 0 aliphatic rings. The van der Waals surface area contributed by atoms with Crippen molar-refractivity contribution in [1.82, 2.24) is 5.32 Å². The molecule has 0 saturated heterocycles. The number of hydrogen-bond acceptors (Lipinski definition) is 2. The van der Waals surface area contributed by atoms with Crippen LogP contribution in [0.5, 0.6) is 0 Å². The average Bonchev–Trinajstić information content (AvgIpc) is 2.86. The Labute approximate surface area is 118 Å². The molecule has 1 heterocycles. The highest BCUT2D eigenvalue weighted by atomic mass is 79.9. The fraction of sp³-hybridized carbons (Fsp3) is 0.0714. The van der Waals surface area contributed by atoms with Gasteiger partial charge in [-0.25, -0.2) is 0 Å². The molecule has 0 fully saturated rings. The van der Waals surface area contributed by atoms with E-state index >= 15 is 0 Å². The molecular weight excluding hydrogens is 310 g/mol. The molecule has 0 saturated carbocycles. The van der Waals surface area contributed by atoms with Gasteiger partial charge in [-0.15, -0.1) is 11.3 Å². The Morgan fingerprint density at radius 1 is 1.28 bits per heavy atom. The first kappa shape index (κ1) is 13.1. The van der Waals surface area contributed by atoms with E-state index in [1.165, 1.54) is 11.3 Å². The number of halogens is 1. The second-order valence-electron chi connectivity index (χ2n) is 3.73. The number of thiophene rings is 1. The molecule has 1 aromatic heterocycles. The fourth-order valence-corrected chi connectivity index (χ4v) is 2.56. The summed E-state index contributed by atoms with van der Waals surface area (Å²) >= 11 is 4.67. The van der Waals surface area contributed by atoms with Gasteiger partial charge in [-0.3, -0.25) is 4.79 Å². The highest BCUT2D eigenvalue weighted by molar-refractivity contribution is 9.11. The maximum Gasteiger partial charge on any atom is 0.262 e. The van der Waals surface area contributed by atoms with Gasteiger partial charge in [0, 0.05) is 16.6 Å². The van der Waals surface area contributed by atoms with Crippen LogP contribution in [-0.2, 0) is 0 Å². The van der Waals surface area contributed by atoms with Crippen molar-refractivity contribution >= 4 is 33.2 Å². The molecule has 0 bridgehead atoms. The summed E-state index contributed by atoms with van der Waals surface area (Å²) in [5.74, 6) is -0.0653. The molecule has 4 heteroatoms. The number of nitrogens with one attached hydrogen (secondary N) is 1. The molecule has 1 aromatic carbocycles. The third-order valence-corrected chi connectivity index (χ3v) is 3.59. The molecule has 0 atom stereocenters. The van der Waals surface area contributed by atoms with Gasteiger partial charge in [-0.2, -0.15) is 0 Å². The number of hydrogen-bond donors (Lipinski definition) is 1. The summed E-state index contributed by atoms with van der Waals surface area (Å²) < 4.78 is 0.758. The smallest absolute Gasteiger partial charge is 0.262 e. The predicted octanol–water partition coefficient (Wildman–Crippen LogP) is 4.05. The van der Waals surface area contributed by atoms with Gasteiger partial charge >= 0.3 is 0 Å². The van der Waals surface area contributed by atoms with Crippen LogP contribution in [0.15, 0.2) is 52.8 Å². The lowest BCUT2D eigenvalue weighted by Gasteiger charge is -2.05. The van der Waals surface area contributed by atoms with Crippen LogP contribution in [0.25, 0.3) is 11.1 Å². The average molecular weight is 322 g/mol. The Morgan fingerprint density at radius 3 is 2.67 bits per heavy atom. The van der Waals surface area contributed by atoms with Gasteiger partial charge in [0.15, 0.2) is 0 Å². The number of benzene rings is 1. The minimum Gasteiger partial charge on any atom is -0.347 e. The maximum atomic E-state index is 12.0. The molecule has 0 aliphatic heterocycles. The van der Waals surface area contributed by atoms with E-state index in [9.17, 15) is 4.79 Å². The van der Waals surface area contributed by atoms with E-state index in [0.717, 1.165) is 20.5 Å². The summed E-state index contributed by atoms with van der Waals surface area (Å²) in [4.78, 5) is 12.8. The van der Waals surface area contributed by atoms with Crippen LogP contribution in [-0.4, -0.2) is 12.5 Å². The standard InChI is InChI=1S/C14H12BrNOS/c1-10(15)9-16-14(17)13-12(7-8-18-13)11-5-3-2-4-6-11/h2-8H,1,9H2,(H,16,17). The summed E-state index contributed by atoms with van der Waals surface area (Å²) in [6.45, 7) is 4.13. The lowest BCUT2D eigenvalue weighted by Crippen LogP contribution is -2.23. The molecule has 2 aromatic rings. The molecule has 0 aliphatic carbocycles. The molecule has 18 heavy (non-hydrogen) atoms. The maximum absolute atomic E-state index is 12.0. The van der Waals surface area contributed by atoms with E-state index < -0.39 is 0 Å².